The highest BCUT2D eigenvalue weighted by Crippen LogP contribution is 2.29. The van der Waals surface area contributed by atoms with Gasteiger partial charge in [0.05, 0.1) is 16.9 Å². The molecule has 0 aliphatic carbocycles. The van der Waals surface area contributed by atoms with Crippen LogP contribution in [0.2, 0.25) is 0 Å². The van der Waals surface area contributed by atoms with Crippen LogP contribution in [0.5, 0.6) is 0 Å². The first-order valence-corrected chi connectivity index (χ1v) is 9.39. The van der Waals surface area contributed by atoms with Crippen molar-refractivity contribution in [3.05, 3.63) is 84.1 Å². The van der Waals surface area contributed by atoms with Gasteiger partial charge in [0.1, 0.15) is 5.82 Å². The predicted octanol–water partition coefficient (Wildman–Crippen LogP) is 4.22. The van der Waals surface area contributed by atoms with Gasteiger partial charge in [0.2, 0.25) is 0 Å². The lowest BCUT2D eigenvalue weighted by Gasteiger charge is -2.26. The van der Waals surface area contributed by atoms with E-state index in [0.29, 0.717) is 18.2 Å². The van der Waals surface area contributed by atoms with Crippen molar-refractivity contribution >= 4 is 28.6 Å². The number of hydrogen-bond acceptors (Lipinski definition) is 4. The smallest absolute Gasteiger partial charge is 0.321 e. The Morgan fingerprint density at radius 1 is 1.14 bits per heavy atom. The highest BCUT2D eigenvalue weighted by Gasteiger charge is 2.23. The highest BCUT2D eigenvalue weighted by molar-refractivity contribution is 5.95. The first kappa shape index (κ1) is 18.5. The minimum Gasteiger partial charge on any atom is -0.364 e. The molecule has 0 saturated carbocycles. The number of anilines is 2. The van der Waals surface area contributed by atoms with E-state index in [1.807, 2.05) is 67.6 Å². The molecule has 0 fully saturated rings. The van der Waals surface area contributed by atoms with Gasteiger partial charge < -0.3 is 11.1 Å². The van der Waals surface area contributed by atoms with Crippen molar-refractivity contribution in [2.75, 3.05) is 10.2 Å². The molecule has 2 aromatic carbocycles. The summed E-state index contributed by atoms with van der Waals surface area (Å²) < 4.78 is 0. The second-order valence-electron chi connectivity index (χ2n) is 6.79. The van der Waals surface area contributed by atoms with Gasteiger partial charge in [0.25, 0.3) is 0 Å². The van der Waals surface area contributed by atoms with E-state index in [9.17, 15) is 4.79 Å². The van der Waals surface area contributed by atoms with Crippen molar-refractivity contribution in [1.82, 2.24) is 15.2 Å². The Labute approximate surface area is 168 Å². The van der Waals surface area contributed by atoms with Crippen LogP contribution < -0.4 is 16.0 Å². The molecule has 0 aliphatic heterocycles. The molecule has 0 bridgehead atoms. The largest absolute Gasteiger partial charge is 0.364 e. The van der Waals surface area contributed by atoms with Gasteiger partial charge >= 0.3 is 6.03 Å². The molecule has 146 valence electrons. The van der Waals surface area contributed by atoms with E-state index >= 15 is 0 Å². The Morgan fingerprint density at radius 3 is 2.52 bits per heavy atom. The average molecular weight is 386 g/mol. The summed E-state index contributed by atoms with van der Waals surface area (Å²) in [6.07, 6.45) is 1.70. The van der Waals surface area contributed by atoms with Gasteiger partial charge in [-0.25, -0.2) is 9.78 Å². The molecule has 7 nitrogen and oxygen atoms in total. The van der Waals surface area contributed by atoms with E-state index in [1.165, 1.54) is 4.90 Å². The number of urea groups is 1. The Balaban J connectivity index is 1.60. The van der Waals surface area contributed by atoms with Crippen LogP contribution in [0, 0.1) is 0 Å². The maximum absolute atomic E-state index is 12.2. The number of pyridine rings is 1. The molecule has 4 N–H and O–H groups in total. The first-order valence-electron chi connectivity index (χ1n) is 9.39. The molecule has 1 atom stereocenters. The van der Waals surface area contributed by atoms with Gasteiger partial charge in [0.15, 0.2) is 5.82 Å². The molecule has 2 aromatic heterocycles. The van der Waals surface area contributed by atoms with Gasteiger partial charge in [-0.3, -0.25) is 10.00 Å². The number of H-pyrrole nitrogens is 1. The molecule has 4 rings (SSSR count). The first-order chi connectivity index (χ1) is 14.1. The van der Waals surface area contributed by atoms with Crippen molar-refractivity contribution in [2.45, 2.75) is 19.5 Å². The summed E-state index contributed by atoms with van der Waals surface area (Å²) in [4.78, 5) is 18.2. The fraction of sp³-hybridized carbons (Fsp3) is 0.136. The lowest BCUT2D eigenvalue weighted by atomic mass is 10.1. The number of carbonyl (C=O) groups excluding carboxylic acids is 1. The molecule has 0 radical (unpaired) electrons. The number of amides is 2. The van der Waals surface area contributed by atoms with Crippen LogP contribution in [0.4, 0.5) is 16.4 Å². The number of hydrogen-bond donors (Lipinski definition) is 3. The Morgan fingerprint density at radius 2 is 1.83 bits per heavy atom. The third kappa shape index (κ3) is 3.89. The number of rotatable bonds is 6. The zero-order valence-corrected chi connectivity index (χ0v) is 16.0. The van der Waals surface area contributed by atoms with Crippen LogP contribution in [0.3, 0.4) is 0 Å². The molecule has 0 spiro atoms. The summed E-state index contributed by atoms with van der Waals surface area (Å²) in [6, 6.07) is 20.8. The molecule has 2 amide bonds. The van der Waals surface area contributed by atoms with Crippen molar-refractivity contribution in [1.29, 1.82) is 0 Å². The summed E-state index contributed by atoms with van der Waals surface area (Å²) in [7, 11) is 0. The summed E-state index contributed by atoms with van der Waals surface area (Å²) in [5.41, 5.74) is 8.58. The Bertz CT molecular complexity index is 1110. The Hall–Kier alpha value is -3.87. The number of fused-ring (bicyclic) bond motifs is 1. The number of nitrogens with one attached hydrogen (secondary N) is 2. The number of nitrogens with zero attached hydrogens (tertiary/aromatic N) is 3. The standard InChI is InChI=1S/C22H22N6O/c1-15(17-10-6-3-7-11-17)28(22(23)29)20-12-19-18(14-24-20)21(27-26-19)25-13-16-8-4-2-5-9-16/h2-12,14-15H,13H2,1H3,(H2,23,29)(H2,25,26,27)/t15-/m1/s1. The third-order valence-corrected chi connectivity index (χ3v) is 4.89. The van der Waals surface area contributed by atoms with E-state index in [0.717, 1.165) is 22.0 Å². The van der Waals surface area contributed by atoms with Gasteiger partial charge in [-0.05, 0) is 18.1 Å². The molecular formula is C22H22N6O. The lowest BCUT2D eigenvalue weighted by molar-refractivity contribution is 0.252. The zero-order valence-electron chi connectivity index (χ0n) is 16.0. The summed E-state index contributed by atoms with van der Waals surface area (Å²) >= 11 is 0. The van der Waals surface area contributed by atoms with Crippen LogP contribution in [-0.2, 0) is 6.54 Å². The highest BCUT2D eigenvalue weighted by atomic mass is 16.2. The van der Waals surface area contributed by atoms with Crippen molar-refractivity contribution in [3.8, 4) is 0 Å². The fourth-order valence-corrected chi connectivity index (χ4v) is 3.33. The second kappa shape index (κ2) is 8.02. The number of carbonyl (C=O) groups is 1. The van der Waals surface area contributed by atoms with Crippen molar-refractivity contribution in [3.63, 3.8) is 0 Å². The minimum absolute atomic E-state index is 0.253. The zero-order chi connectivity index (χ0) is 20.2. The van der Waals surface area contributed by atoms with Crippen LogP contribution in [0.15, 0.2) is 72.9 Å². The normalized spacial score (nSPS) is 11.9. The Kier molecular flexibility index (Phi) is 5.11. The minimum atomic E-state index is -0.560. The number of aromatic nitrogens is 3. The second-order valence-corrected chi connectivity index (χ2v) is 6.79. The number of benzene rings is 2. The predicted molar refractivity (Wildman–Crippen MR) is 115 cm³/mol. The monoisotopic (exact) mass is 386 g/mol. The molecule has 0 saturated heterocycles. The van der Waals surface area contributed by atoms with E-state index in [4.69, 9.17) is 5.73 Å². The molecule has 29 heavy (non-hydrogen) atoms. The van der Waals surface area contributed by atoms with E-state index < -0.39 is 6.03 Å². The number of primary amides is 1. The third-order valence-electron chi connectivity index (χ3n) is 4.89. The van der Waals surface area contributed by atoms with Crippen LogP contribution in [0.25, 0.3) is 10.9 Å². The van der Waals surface area contributed by atoms with Crippen molar-refractivity contribution < 1.29 is 4.79 Å². The van der Waals surface area contributed by atoms with Gasteiger partial charge in [-0.1, -0.05) is 60.7 Å². The van der Waals surface area contributed by atoms with E-state index in [1.54, 1.807) is 12.3 Å². The molecule has 7 heteroatoms. The van der Waals surface area contributed by atoms with Gasteiger partial charge in [-0.2, -0.15) is 5.10 Å². The topological polar surface area (TPSA) is 99.9 Å². The quantitative estimate of drug-likeness (QED) is 0.462. The van der Waals surface area contributed by atoms with Gasteiger partial charge in [0, 0.05) is 18.8 Å². The van der Waals surface area contributed by atoms with Crippen LogP contribution >= 0.6 is 0 Å². The number of aromatic amines is 1. The molecular weight excluding hydrogens is 364 g/mol. The SMILES string of the molecule is C[C@H](c1ccccc1)N(C(N)=O)c1cc2[nH]nc(NCc3ccccc3)c2cn1. The molecule has 4 aromatic rings. The van der Waals surface area contributed by atoms with E-state index in [2.05, 4.69) is 20.5 Å². The summed E-state index contributed by atoms with van der Waals surface area (Å²) in [5.74, 6) is 1.18. The summed E-state index contributed by atoms with van der Waals surface area (Å²) in [6.45, 7) is 2.58. The molecule has 0 unspecified atom stereocenters. The van der Waals surface area contributed by atoms with Crippen molar-refractivity contribution in [2.24, 2.45) is 5.73 Å². The van der Waals surface area contributed by atoms with E-state index in [-0.39, 0.29) is 6.04 Å². The molecule has 0 aliphatic rings. The van der Waals surface area contributed by atoms with Crippen LogP contribution in [-0.4, -0.2) is 21.2 Å². The fourth-order valence-electron chi connectivity index (χ4n) is 3.33. The lowest BCUT2D eigenvalue weighted by Crippen LogP contribution is -2.38. The summed E-state index contributed by atoms with van der Waals surface area (Å²) in [5, 5.41) is 11.5. The molecule has 2 heterocycles. The van der Waals surface area contributed by atoms with Crippen LogP contribution in [0.1, 0.15) is 24.1 Å². The maximum Gasteiger partial charge on any atom is 0.321 e. The van der Waals surface area contributed by atoms with Gasteiger partial charge in [-0.15, -0.1) is 0 Å². The number of nitrogens with two attached hydrogens (primary N) is 1. The maximum atomic E-state index is 12.2. The average Bonchev–Trinajstić information content (AvgIpc) is 3.16.